The quantitative estimate of drug-likeness (QED) is 0.322. The zero-order chi connectivity index (χ0) is 29.3. The third-order valence-corrected chi connectivity index (χ3v) is 9.50. The van der Waals surface area contributed by atoms with E-state index in [-0.39, 0.29) is 24.5 Å². The van der Waals surface area contributed by atoms with E-state index in [0.29, 0.717) is 43.3 Å². The van der Waals surface area contributed by atoms with E-state index >= 15 is 0 Å². The second kappa shape index (κ2) is 11.8. The normalized spacial score (nSPS) is 17.4. The summed E-state index contributed by atoms with van der Waals surface area (Å²) in [4.78, 5) is 42.1. The lowest BCUT2D eigenvalue weighted by Crippen LogP contribution is -2.48. The number of amides is 2. The lowest BCUT2D eigenvalue weighted by atomic mass is 9.97. The number of pyridine rings is 1. The molecule has 0 atom stereocenters. The third-order valence-electron chi connectivity index (χ3n) is 8.49. The Balaban J connectivity index is 0.922. The molecule has 3 aliphatic rings. The molecule has 2 fully saturated rings. The molecule has 5 heterocycles. The molecule has 222 valence electrons. The van der Waals surface area contributed by atoms with Crippen molar-refractivity contribution in [3.8, 4) is 17.2 Å². The fourth-order valence-electron chi connectivity index (χ4n) is 6.06. The molecule has 0 unspecified atom stereocenters. The van der Waals surface area contributed by atoms with Crippen LogP contribution in [0.1, 0.15) is 50.3 Å². The Labute approximate surface area is 253 Å². The van der Waals surface area contributed by atoms with E-state index in [9.17, 15) is 9.59 Å². The fourth-order valence-corrected chi connectivity index (χ4v) is 7.02. The minimum Gasteiger partial charge on any atom is -0.496 e. The number of piperazine rings is 1. The van der Waals surface area contributed by atoms with Gasteiger partial charge in [0.1, 0.15) is 17.1 Å². The van der Waals surface area contributed by atoms with Crippen molar-refractivity contribution < 1.29 is 23.8 Å². The van der Waals surface area contributed by atoms with Crippen LogP contribution in [0.5, 0.6) is 17.2 Å². The van der Waals surface area contributed by atoms with Crippen molar-refractivity contribution in [1.29, 1.82) is 0 Å². The minimum atomic E-state index is -0.0878. The Hall–Kier alpha value is -4.22. The summed E-state index contributed by atoms with van der Waals surface area (Å²) in [5.41, 5.74) is 2.84. The van der Waals surface area contributed by atoms with Gasteiger partial charge in [-0.3, -0.25) is 14.5 Å². The monoisotopic (exact) mass is 599 g/mol. The van der Waals surface area contributed by atoms with E-state index < -0.39 is 0 Å². The molecule has 0 bridgehead atoms. The summed E-state index contributed by atoms with van der Waals surface area (Å²) in [6, 6.07) is 15.5. The van der Waals surface area contributed by atoms with Crippen LogP contribution in [-0.2, 0) is 6.54 Å². The summed E-state index contributed by atoms with van der Waals surface area (Å²) >= 11 is 1.55. The number of ether oxygens (including phenoxy) is 3. The summed E-state index contributed by atoms with van der Waals surface area (Å²) in [5.74, 6) is 2.37. The van der Waals surface area contributed by atoms with Gasteiger partial charge in [0.05, 0.1) is 17.6 Å². The maximum Gasteiger partial charge on any atom is 0.273 e. The first-order valence-corrected chi connectivity index (χ1v) is 15.5. The van der Waals surface area contributed by atoms with Gasteiger partial charge in [-0.15, -0.1) is 11.3 Å². The van der Waals surface area contributed by atoms with Gasteiger partial charge < -0.3 is 24.0 Å². The van der Waals surface area contributed by atoms with Crippen molar-refractivity contribution in [3.05, 3.63) is 75.9 Å². The van der Waals surface area contributed by atoms with Crippen molar-refractivity contribution in [2.24, 2.45) is 0 Å². The van der Waals surface area contributed by atoms with Crippen LogP contribution in [-0.4, -0.2) is 89.7 Å². The number of hydrogen-bond acceptors (Lipinski definition) is 9. The molecule has 0 saturated carbocycles. The number of thiazole rings is 1. The van der Waals surface area contributed by atoms with Gasteiger partial charge in [-0.25, -0.2) is 9.97 Å². The van der Waals surface area contributed by atoms with E-state index in [1.54, 1.807) is 24.5 Å². The second-order valence-electron chi connectivity index (χ2n) is 11.1. The maximum absolute atomic E-state index is 13.3. The van der Waals surface area contributed by atoms with Gasteiger partial charge in [0.25, 0.3) is 11.8 Å². The first kappa shape index (κ1) is 27.6. The number of hydrogen-bond donors (Lipinski definition) is 0. The molecule has 2 saturated heterocycles. The molecule has 2 aromatic heterocycles. The number of piperidine rings is 1. The number of carbonyl (C=O) groups is 2. The predicted octanol–water partition coefficient (Wildman–Crippen LogP) is 4.41. The number of fused-ring (bicyclic) bond motifs is 2. The molecule has 0 radical (unpaired) electrons. The number of para-hydroxylation sites is 1. The van der Waals surface area contributed by atoms with Crippen molar-refractivity contribution in [2.45, 2.75) is 25.3 Å². The zero-order valence-electron chi connectivity index (χ0n) is 24.0. The molecule has 0 spiro atoms. The van der Waals surface area contributed by atoms with Gasteiger partial charge in [0.15, 0.2) is 11.5 Å². The predicted molar refractivity (Wildman–Crippen MR) is 162 cm³/mol. The zero-order valence-corrected chi connectivity index (χ0v) is 24.8. The molecule has 43 heavy (non-hydrogen) atoms. The molecule has 4 aromatic rings. The van der Waals surface area contributed by atoms with Crippen LogP contribution < -0.4 is 14.2 Å². The smallest absolute Gasteiger partial charge is 0.273 e. The highest BCUT2D eigenvalue weighted by atomic mass is 32.1. The number of carbonyl (C=O) groups excluding carboxylic acids is 2. The van der Waals surface area contributed by atoms with Gasteiger partial charge in [-0.05, 0) is 42.7 Å². The fraction of sp³-hybridized carbons (Fsp3) is 0.375. The van der Waals surface area contributed by atoms with Crippen molar-refractivity contribution in [2.75, 3.05) is 53.2 Å². The molecular weight excluding hydrogens is 566 g/mol. The largest absolute Gasteiger partial charge is 0.496 e. The summed E-state index contributed by atoms with van der Waals surface area (Å²) in [6.07, 6.45) is 1.60. The summed E-state index contributed by atoms with van der Waals surface area (Å²) in [7, 11) is 1.61. The van der Waals surface area contributed by atoms with Gasteiger partial charge >= 0.3 is 0 Å². The Morgan fingerprint density at radius 1 is 0.884 bits per heavy atom. The van der Waals surface area contributed by atoms with Crippen LogP contribution in [0.3, 0.4) is 0 Å². The molecule has 2 aromatic carbocycles. The van der Waals surface area contributed by atoms with E-state index in [1.165, 1.54) is 5.56 Å². The van der Waals surface area contributed by atoms with E-state index in [1.807, 2.05) is 51.6 Å². The summed E-state index contributed by atoms with van der Waals surface area (Å²) in [6.45, 7) is 5.28. The Morgan fingerprint density at radius 3 is 2.44 bits per heavy atom. The highest BCUT2D eigenvalue weighted by Crippen LogP contribution is 2.34. The topological polar surface area (TPSA) is 97.3 Å². The molecule has 7 rings (SSSR count). The Kier molecular flexibility index (Phi) is 7.58. The summed E-state index contributed by atoms with van der Waals surface area (Å²) in [5, 5.41) is 3.75. The lowest BCUT2D eigenvalue weighted by Gasteiger charge is -2.34. The van der Waals surface area contributed by atoms with Crippen LogP contribution in [0, 0.1) is 0 Å². The molecule has 3 aliphatic heterocycles. The van der Waals surface area contributed by atoms with Crippen molar-refractivity contribution in [3.63, 3.8) is 0 Å². The van der Waals surface area contributed by atoms with Crippen LogP contribution in [0.15, 0.2) is 53.9 Å². The molecule has 2 amide bonds. The van der Waals surface area contributed by atoms with Gasteiger partial charge in [-0.1, -0.05) is 18.2 Å². The molecular formula is C32H33N5O5S. The van der Waals surface area contributed by atoms with Crippen LogP contribution in [0.4, 0.5) is 0 Å². The maximum atomic E-state index is 13.3. The average molecular weight is 600 g/mol. The number of nitrogens with zero attached hydrogens (tertiary/aromatic N) is 5. The van der Waals surface area contributed by atoms with Crippen molar-refractivity contribution >= 4 is 34.1 Å². The number of benzene rings is 2. The number of methoxy groups -OCH3 is 1. The average Bonchev–Trinajstić information content (AvgIpc) is 3.74. The summed E-state index contributed by atoms with van der Waals surface area (Å²) < 4.78 is 16.4. The van der Waals surface area contributed by atoms with E-state index in [2.05, 4.69) is 16.0 Å². The minimum absolute atomic E-state index is 0.00540. The lowest BCUT2D eigenvalue weighted by molar-refractivity contribution is 0.0623. The Bertz CT molecular complexity index is 1660. The Morgan fingerprint density at radius 2 is 1.63 bits per heavy atom. The van der Waals surface area contributed by atoms with Crippen molar-refractivity contribution in [1.82, 2.24) is 24.7 Å². The van der Waals surface area contributed by atoms with E-state index in [0.717, 1.165) is 59.9 Å². The third kappa shape index (κ3) is 5.62. The van der Waals surface area contributed by atoms with Gasteiger partial charge in [0.2, 0.25) is 6.79 Å². The van der Waals surface area contributed by atoms with Crippen LogP contribution in [0.2, 0.25) is 0 Å². The molecule has 11 heteroatoms. The first-order chi connectivity index (χ1) is 21.1. The van der Waals surface area contributed by atoms with E-state index in [4.69, 9.17) is 19.2 Å². The number of likely N-dealkylation sites (tertiary alicyclic amines) is 1. The first-order valence-electron chi connectivity index (χ1n) is 14.6. The standard InChI is InChI=1S/C32H33N5O5S/c1-40-28-17-25(33-24-5-3-2-4-23(24)28)31(38)36-10-8-22(9-11-36)30-34-26(19-43-30)32(39)37-14-12-35(13-15-37)18-21-6-7-27-29(16-21)42-20-41-27/h2-7,16-17,19,22H,8-15,18,20H2,1H3. The molecule has 0 aliphatic carbocycles. The molecule has 0 N–H and O–H groups in total. The highest BCUT2D eigenvalue weighted by Gasteiger charge is 2.29. The van der Waals surface area contributed by atoms with Gasteiger partial charge in [-0.2, -0.15) is 0 Å². The highest BCUT2D eigenvalue weighted by molar-refractivity contribution is 7.09. The molecule has 10 nitrogen and oxygen atoms in total. The number of rotatable bonds is 6. The number of aromatic nitrogens is 2. The second-order valence-corrected chi connectivity index (χ2v) is 12.0. The van der Waals surface area contributed by atoms with Crippen LogP contribution >= 0.6 is 11.3 Å². The van der Waals surface area contributed by atoms with Gasteiger partial charge in [0, 0.05) is 68.6 Å². The van der Waals surface area contributed by atoms with Crippen LogP contribution in [0.25, 0.3) is 10.9 Å². The SMILES string of the molecule is COc1cc(C(=O)N2CCC(c3nc(C(=O)N4CCN(Cc5ccc6c(c5)OCO6)CC4)cs3)CC2)nc2ccccc12.